The average Bonchev–Trinajstić information content (AvgIpc) is 2.61. The van der Waals surface area contributed by atoms with Crippen molar-refractivity contribution in [1.29, 1.82) is 0 Å². The third-order valence-corrected chi connectivity index (χ3v) is 3.64. The van der Waals surface area contributed by atoms with E-state index >= 15 is 0 Å². The summed E-state index contributed by atoms with van der Waals surface area (Å²) in [5.41, 5.74) is 1.24. The number of H-pyrrole nitrogens is 1. The maximum atomic E-state index is 12.1. The van der Waals surface area contributed by atoms with E-state index in [4.69, 9.17) is 0 Å². The van der Waals surface area contributed by atoms with Gasteiger partial charge in [0.25, 0.3) is 5.56 Å². The Morgan fingerprint density at radius 1 is 1.12 bits per heavy atom. The number of anilines is 1. The lowest BCUT2D eigenvalue weighted by Crippen LogP contribution is -2.34. The molecule has 0 saturated carbocycles. The summed E-state index contributed by atoms with van der Waals surface area (Å²) in [7, 11) is 0. The van der Waals surface area contributed by atoms with E-state index in [1.165, 1.54) is 6.20 Å². The first kappa shape index (κ1) is 16.4. The van der Waals surface area contributed by atoms with Crippen molar-refractivity contribution in [3.8, 4) is 11.1 Å². The summed E-state index contributed by atoms with van der Waals surface area (Å²) >= 11 is 0. The Morgan fingerprint density at radius 2 is 1.88 bits per heavy atom. The van der Waals surface area contributed by atoms with Gasteiger partial charge in [-0.15, -0.1) is 0 Å². The summed E-state index contributed by atoms with van der Waals surface area (Å²) < 4.78 is 1.14. The Morgan fingerprint density at radius 3 is 2.56 bits per heavy atom. The third-order valence-electron chi connectivity index (χ3n) is 3.64. The van der Waals surface area contributed by atoms with Gasteiger partial charge >= 0.3 is 5.69 Å². The van der Waals surface area contributed by atoms with Crippen LogP contribution in [-0.4, -0.2) is 20.4 Å². The highest BCUT2D eigenvalue weighted by atomic mass is 16.2. The van der Waals surface area contributed by atoms with E-state index in [2.05, 4.69) is 15.3 Å². The van der Waals surface area contributed by atoms with E-state index in [1.807, 2.05) is 36.4 Å². The van der Waals surface area contributed by atoms with Gasteiger partial charge in [-0.1, -0.05) is 30.3 Å². The van der Waals surface area contributed by atoms with Gasteiger partial charge in [-0.25, -0.2) is 9.78 Å². The lowest BCUT2D eigenvalue weighted by molar-refractivity contribution is -0.116. The van der Waals surface area contributed by atoms with Crippen molar-refractivity contribution in [1.82, 2.24) is 14.5 Å². The van der Waals surface area contributed by atoms with E-state index in [-0.39, 0.29) is 6.54 Å². The zero-order valence-electron chi connectivity index (χ0n) is 13.5. The van der Waals surface area contributed by atoms with Gasteiger partial charge in [-0.2, -0.15) is 0 Å². The summed E-state index contributed by atoms with van der Waals surface area (Å²) in [4.78, 5) is 41.5. The Hall–Kier alpha value is -3.48. The monoisotopic (exact) mass is 336 g/mol. The number of amides is 1. The van der Waals surface area contributed by atoms with Gasteiger partial charge in [0.05, 0.1) is 0 Å². The van der Waals surface area contributed by atoms with Gasteiger partial charge in [0.15, 0.2) is 0 Å². The summed E-state index contributed by atoms with van der Waals surface area (Å²) in [6, 6.07) is 13.3. The van der Waals surface area contributed by atoms with Crippen LogP contribution in [0.3, 0.4) is 0 Å². The maximum absolute atomic E-state index is 12.1. The number of benzene rings is 1. The quantitative estimate of drug-likeness (QED) is 0.755. The second-order valence-corrected chi connectivity index (χ2v) is 5.55. The standard InChI is InChI=1S/C18H16N4O3/c1-12-10-22(18(25)21-17(12)24)11-16(23)20-15-8-7-14(9-19-15)13-5-3-2-4-6-13/h2-10H,11H2,1H3,(H,19,20,23)(H,21,24,25). The minimum absolute atomic E-state index is 0.210. The maximum Gasteiger partial charge on any atom is 0.328 e. The van der Waals surface area contributed by atoms with Gasteiger partial charge in [0.2, 0.25) is 5.91 Å². The molecule has 2 aromatic heterocycles. The molecule has 1 aromatic carbocycles. The smallest absolute Gasteiger partial charge is 0.309 e. The number of nitrogens with one attached hydrogen (secondary N) is 2. The fraction of sp³-hybridized carbons (Fsp3) is 0.111. The van der Waals surface area contributed by atoms with Crippen LogP contribution in [0.4, 0.5) is 5.82 Å². The van der Waals surface area contributed by atoms with Crippen LogP contribution in [0.15, 0.2) is 64.4 Å². The minimum atomic E-state index is -0.627. The van der Waals surface area contributed by atoms with Crippen LogP contribution in [0.25, 0.3) is 11.1 Å². The molecule has 0 bridgehead atoms. The Kier molecular flexibility index (Phi) is 4.56. The van der Waals surface area contributed by atoms with E-state index < -0.39 is 17.2 Å². The highest BCUT2D eigenvalue weighted by Crippen LogP contribution is 2.18. The van der Waals surface area contributed by atoms with Crippen molar-refractivity contribution in [3.63, 3.8) is 0 Å². The lowest BCUT2D eigenvalue weighted by atomic mass is 10.1. The molecule has 0 aliphatic carbocycles. The summed E-state index contributed by atoms with van der Waals surface area (Å²) in [6.07, 6.45) is 3.02. The molecule has 3 rings (SSSR count). The minimum Gasteiger partial charge on any atom is -0.309 e. The first-order chi connectivity index (χ1) is 12.0. The van der Waals surface area contributed by atoms with E-state index in [0.717, 1.165) is 15.7 Å². The number of nitrogens with zero attached hydrogens (tertiary/aromatic N) is 2. The van der Waals surface area contributed by atoms with Gasteiger partial charge in [-0.05, 0) is 24.6 Å². The van der Waals surface area contributed by atoms with Gasteiger partial charge < -0.3 is 5.32 Å². The lowest BCUT2D eigenvalue weighted by Gasteiger charge is -2.08. The number of pyridine rings is 1. The average molecular weight is 336 g/mol. The van der Waals surface area contributed by atoms with Gasteiger partial charge in [0.1, 0.15) is 12.4 Å². The first-order valence-corrected chi connectivity index (χ1v) is 7.64. The van der Waals surface area contributed by atoms with Crippen LogP contribution in [0, 0.1) is 6.92 Å². The fourth-order valence-corrected chi connectivity index (χ4v) is 2.34. The molecule has 1 amide bonds. The number of carbonyl (C=O) groups excluding carboxylic acids is 1. The Labute approximate surface area is 143 Å². The number of aromatic nitrogens is 3. The Bertz CT molecular complexity index is 1000. The van der Waals surface area contributed by atoms with Crippen molar-refractivity contribution >= 4 is 11.7 Å². The predicted molar refractivity (Wildman–Crippen MR) is 94.4 cm³/mol. The molecule has 25 heavy (non-hydrogen) atoms. The van der Waals surface area contributed by atoms with Crippen molar-refractivity contribution in [2.45, 2.75) is 13.5 Å². The molecule has 0 fully saturated rings. The summed E-state index contributed by atoms with van der Waals surface area (Å²) in [5.74, 6) is -0.0209. The number of rotatable bonds is 4. The molecule has 0 saturated heterocycles. The fourth-order valence-electron chi connectivity index (χ4n) is 2.34. The molecule has 0 atom stereocenters. The molecule has 2 heterocycles. The van der Waals surface area contributed by atoms with Crippen molar-refractivity contribution in [2.75, 3.05) is 5.32 Å². The molecule has 3 aromatic rings. The highest BCUT2D eigenvalue weighted by Gasteiger charge is 2.08. The molecule has 0 radical (unpaired) electrons. The van der Waals surface area contributed by atoms with Crippen molar-refractivity contribution < 1.29 is 4.79 Å². The summed E-state index contributed by atoms with van der Waals surface area (Å²) in [6.45, 7) is 1.36. The second kappa shape index (κ2) is 6.96. The number of hydrogen-bond acceptors (Lipinski definition) is 4. The van der Waals surface area contributed by atoms with Crippen LogP contribution >= 0.6 is 0 Å². The van der Waals surface area contributed by atoms with Crippen molar-refractivity contribution in [2.24, 2.45) is 0 Å². The topological polar surface area (TPSA) is 96.8 Å². The van der Waals surface area contributed by atoms with Gasteiger partial charge in [0, 0.05) is 23.5 Å². The van der Waals surface area contributed by atoms with Gasteiger partial charge in [-0.3, -0.25) is 19.1 Å². The molecule has 7 heteroatoms. The number of aryl methyl sites for hydroxylation is 1. The summed E-state index contributed by atoms with van der Waals surface area (Å²) in [5, 5.41) is 2.63. The first-order valence-electron chi connectivity index (χ1n) is 7.64. The van der Waals surface area contributed by atoms with Crippen LogP contribution in [0.5, 0.6) is 0 Å². The van der Waals surface area contributed by atoms with E-state index in [9.17, 15) is 14.4 Å². The zero-order valence-corrected chi connectivity index (χ0v) is 13.5. The number of aromatic amines is 1. The molecule has 126 valence electrons. The van der Waals surface area contributed by atoms with E-state index in [1.54, 1.807) is 19.2 Å². The third kappa shape index (κ3) is 3.89. The van der Waals surface area contributed by atoms with Crippen LogP contribution in [-0.2, 0) is 11.3 Å². The van der Waals surface area contributed by atoms with Crippen LogP contribution in [0.1, 0.15) is 5.56 Å². The molecule has 0 spiro atoms. The highest BCUT2D eigenvalue weighted by molar-refractivity contribution is 5.89. The molecular weight excluding hydrogens is 320 g/mol. The predicted octanol–water partition coefficient (Wildman–Crippen LogP) is 1.55. The zero-order chi connectivity index (χ0) is 17.8. The van der Waals surface area contributed by atoms with Crippen LogP contribution < -0.4 is 16.6 Å². The van der Waals surface area contributed by atoms with Crippen LogP contribution in [0.2, 0.25) is 0 Å². The molecule has 2 N–H and O–H groups in total. The molecular formula is C18H16N4O3. The molecule has 7 nitrogen and oxygen atoms in total. The van der Waals surface area contributed by atoms with Crippen molar-refractivity contribution in [3.05, 3.63) is 81.3 Å². The molecule has 0 aliphatic heterocycles. The number of hydrogen-bond donors (Lipinski definition) is 2. The molecule has 0 aliphatic rings. The SMILES string of the molecule is Cc1cn(CC(=O)Nc2ccc(-c3ccccc3)cn2)c(=O)[nH]c1=O. The second-order valence-electron chi connectivity index (χ2n) is 5.55. The molecule has 0 unspecified atom stereocenters. The largest absolute Gasteiger partial charge is 0.328 e. The normalized spacial score (nSPS) is 10.4. The number of carbonyl (C=O) groups is 1. The Balaban J connectivity index is 1.70. The van der Waals surface area contributed by atoms with E-state index in [0.29, 0.717) is 11.4 Å².